The molecule has 0 heterocycles. The highest BCUT2D eigenvalue weighted by atomic mass is 32.2. The van der Waals surface area contributed by atoms with Crippen LogP contribution in [0.4, 0.5) is 0 Å². The summed E-state index contributed by atoms with van der Waals surface area (Å²) in [4.78, 5) is 2.69. The summed E-state index contributed by atoms with van der Waals surface area (Å²) in [6.07, 6.45) is 10.4. The molecule has 0 radical (unpaired) electrons. The largest absolute Gasteiger partial charge is 0.330 e. The lowest BCUT2D eigenvalue weighted by molar-refractivity contribution is 0.111. The first-order valence-corrected chi connectivity index (χ1v) is 8.65. The van der Waals surface area contributed by atoms with Gasteiger partial charge in [-0.05, 0) is 63.2 Å². The highest BCUT2D eigenvalue weighted by Crippen LogP contribution is 2.28. The van der Waals surface area contributed by atoms with Crippen molar-refractivity contribution in [3.8, 4) is 0 Å². The van der Waals surface area contributed by atoms with Crippen LogP contribution in [0.1, 0.15) is 45.4 Å². The van der Waals surface area contributed by atoms with E-state index in [0.717, 1.165) is 18.5 Å². The lowest BCUT2D eigenvalue weighted by Crippen LogP contribution is -2.45. The lowest BCUT2D eigenvalue weighted by Gasteiger charge is -2.39. The average Bonchev–Trinajstić information content (AvgIpc) is 2.39. The summed E-state index contributed by atoms with van der Waals surface area (Å²) in [6.45, 7) is 5.65. The summed E-state index contributed by atoms with van der Waals surface area (Å²) in [5, 5.41) is 0. The zero-order valence-electron chi connectivity index (χ0n) is 11.7. The molecular weight excluding hydrogens is 228 g/mol. The third-order valence-electron chi connectivity index (χ3n) is 4.09. The van der Waals surface area contributed by atoms with E-state index in [2.05, 4.69) is 18.1 Å². The van der Waals surface area contributed by atoms with Gasteiger partial charge in [0.15, 0.2) is 0 Å². The Balaban J connectivity index is 2.35. The van der Waals surface area contributed by atoms with Crippen molar-refractivity contribution < 1.29 is 0 Å². The van der Waals surface area contributed by atoms with Crippen LogP contribution in [0.25, 0.3) is 0 Å². The third kappa shape index (κ3) is 5.19. The molecule has 2 nitrogen and oxygen atoms in total. The van der Waals surface area contributed by atoms with Crippen LogP contribution >= 0.6 is 11.8 Å². The normalized spacial score (nSPS) is 25.4. The second-order valence-electron chi connectivity index (χ2n) is 5.18. The Morgan fingerprint density at radius 1 is 1.24 bits per heavy atom. The van der Waals surface area contributed by atoms with Crippen LogP contribution in [-0.2, 0) is 0 Å². The molecule has 0 spiro atoms. The maximum absolute atomic E-state index is 5.93. The number of thioether (sulfide) groups is 1. The molecule has 2 atom stereocenters. The molecule has 102 valence electrons. The highest BCUT2D eigenvalue weighted by molar-refractivity contribution is 7.98. The molecule has 0 aromatic carbocycles. The van der Waals surface area contributed by atoms with Gasteiger partial charge in [-0.3, -0.25) is 0 Å². The Morgan fingerprint density at radius 3 is 2.65 bits per heavy atom. The maximum atomic E-state index is 5.93. The summed E-state index contributed by atoms with van der Waals surface area (Å²) in [7, 11) is 0. The fraction of sp³-hybridized carbons (Fsp3) is 1.00. The summed E-state index contributed by atoms with van der Waals surface area (Å²) < 4.78 is 0. The average molecular weight is 258 g/mol. The van der Waals surface area contributed by atoms with Crippen LogP contribution in [0.2, 0.25) is 0 Å². The van der Waals surface area contributed by atoms with Crippen molar-refractivity contribution in [2.75, 3.05) is 31.6 Å². The van der Waals surface area contributed by atoms with Gasteiger partial charge in [0, 0.05) is 6.04 Å². The summed E-state index contributed by atoms with van der Waals surface area (Å²) >= 11 is 1.96. The van der Waals surface area contributed by atoms with E-state index in [9.17, 15) is 0 Å². The molecule has 0 aliphatic heterocycles. The van der Waals surface area contributed by atoms with E-state index in [1.807, 2.05) is 11.8 Å². The summed E-state index contributed by atoms with van der Waals surface area (Å²) in [6, 6.07) is 0.771. The van der Waals surface area contributed by atoms with Crippen LogP contribution in [0.15, 0.2) is 0 Å². The molecule has 2 N–H and O–H groups in total. The van der Waals surface area contributed by atoms with E-state index in [4.69, 9.17) is 5.73 Å². The fourth-order valence-electron chi connectivity index (χ4n) is 3.06. The van der Waals surface area contributed by atoms with Crippen LogP contribution in [0.3, 0.4) is 0 Å². The van der Waals surface area contributed by atoms with Crippen LogP contribution in [-0.4, -0.2) is 42.6 Å². The van der Waals surface area contributed by atoms with Crippen LogP contribution in [0, 0.1) is 5.92 Å². The quantitative estimate of drug-likeness (QED) is 0.679. The van der Waals surface area contributed by atoms with Gasteiger partial charge in [-0.25, -0.2) is 0 Å². The molecule has 1 fully saturated rings. The van der Waals surface area contributed by atoms with E-state index in [-0.39, 0.29) is 0 Å². The molecule has 0 saturated heterocycles. The van der Waals surface area contributed by atoms with Crippen molar-refractivity contribution >= 4 is 11.8 Å². The first kappa shape index (κ1) is 15.3. The molecule has 1 aliphatic rings. The van der Waals surface area contributed by atoms with Gasteiger partial charge in [0.25, 0.3) is 0 Å². The number of unbranched alkanes of at least 4 members (excludes halogenated alkanes) is 1. The zero-order chi connectivity index (χ0) is 12.5. The number of nitrogens with zero attached hydrogens (tertiary/aromatic N) is 1. The Morgan fingerprint density at radius 2 is 2.00 bits per heavy atom. The maximum Gasteiger partial charge on any atom is 0.0135 e. The van der Waals surface area contributed by atoms with E-state index in [1.165, 1.54) is 57.4 Å². The monoisotopic (exact) mass is 258 g/mol. The zero-order valence-corrected chi connectivity index (χ0v) is 12.5. The predicted octanol–water partition coefficient (Wildman–Crippen LogP) is 2.97. The molecular formula is C14H30N2S. The highest BCUT2D eigenvalue weighted by Gasteiger charge is 2.27. The van der Waals surface area contributed by atoms with Gasteiger partial charge in [0.05, 0.1) is 0 Å². The third-order valence-corrected chi connectivity index (χ3v) is 4.79. The first-order chi connectivity index (χ1) is 8.33. The topological polar surface area (TPSA) is 29.3 Å². The van der Waals surface area contributed by atoms with E-state index >= 15 is 0 Å². The van der Waals surface area contributed by atoms with E-state index in [1.54, 1.807) is 0 Å². The number of nitrogens with two attached hydrogens (primary N) is 1. The van der Waals surface area contributed by atoms with Crippen molar-refractivity contribution in [1.82, 2.24) is 4.90 Å². The minimum atomic E-state index is 0.754. The lowest BCUT2D eigenvalue weighted by atomic mass is 9.83. The van der Waals surface area contributed by atoms with Gasteiger partial charge in [-0.2, -0.15) is 11.8 Å². The fourth-order valence-corrected chi connectivity index (χ4v) is 3.56. The van der Waals surface area contributed by atoms with Gasteiger partial charge in [-0.15, -0.1) is 0 Å². The number of rotatable bonds is 8. The van der Waals surface area contributed by atoms with Crippen LogP contribution in [0.5, 0.6) is 0 Å². The first-order valence-electron chi connectivity index (χ1n) is 7.26. The second-order valence-corrected chi connectivity index (χ2v) is 6.16. The molecule has 3 heteroatoms. The van der Waals surface area contributed by atoms with Crippen molar-refractivity contribution in [3.63, 3.8) is 0 Å². The van der Waals surface area contributed by atoms with Gasteiger partial charge in [-0.1, -0.05) is 19.8 Å². The van der Waals surface area contributed by atoms with Gasteiger partial charge < -0.3 is 10.6 Å². The molecule has 0 aromatic rings. The standard InChI is InChI=1S/C14H30N2S/c1-3-16(10-6-7-11-17-2)14-9-5-4-8-13(14)12-15/h13-14H,3-12,15H2,1-2H3. The number of hydrogen-bond donors (Lipinski definition) is 1. The minimum Gasteiger partial charge on any atom is -0.330 e. The van der Waals surface area contributed by atoms with Gasteiger partial charge in [0.1, 0.15) is 0 Å². The van der Waals surface area contributed by atoms with Crippen molar-refractivity contribution in [1.29, 1.82) is 0 Å². The smallest absolute Gasteiger partial charge is 0.0135 e. The molecule has 1 aliphatic carbocycles. The van der Waals surface area contributed by atoms with Crippen molar-refractivity contribution in [2.24, 2.45) is 11.7 Å². The molecule has 1 rings (SSSR count). The Kier molecular flexibility index (Phi) is 8.33. The molecule has 17 heavy (non-hydrogen) atoms. The Labute approximate surface area is 112 Å². The second kappa shape index (κ2) is 9.23. The Hall–Kier alpha value is 0.270. The molecule has 0 aromatic heterocycles. The molecule has 0 bridgehead atoms. The number of hydrogen-bond acceptors (Lipinski definition) is 3. The summed E-state index contributed by atoms with van der Waals surface area (Å²) in [5.74, 6) is 2.06. The summed E-state index contributed by atoms with van der Waals surface area (Å²) in [5.41, 5.74) is 5.93. The molecule has 0 amide bonds. The van der Waals surface area contributed by atoms with Crippen LogP contribution < -0.4 is 5.73 Å². The molecule has 1 saturated carbocycles. The molecule has 2 unspecified atom stereocenters. The van der Waals surface area contributed by atoms with Crippen molar-refractivity contribution in [2.45, 2.75) is 51.5 Å². The van der Waals surface area contributed by atoms with Gasteiger partial charge in [0.2, 0.25) is 0 Å². The van der Waals surface area contributed by atoms with Gasteiger partial charge >= 0.3 is 0 Å². The van der Waals surface area contributed by atoms with E-state index in [0.29, 0.717) is 0 Å². The minimum absolute atomic E-state index is 0.754. The van der Waals surface area contributed by atoms with E-state index < -0.39 is 0 Å². The SMILES string of the molecule is CCN(CCCCSC)C1CCCCC1CN. The Bertz CT molecular complexity index is 187. The predicted molar refractivity (Wildman–Crippen MR) is 79.7 cm³/mol. The van der Waals surface area contributed by atoms with Crippen molar-refractivity contribution in [3.05, 3.63) is 0 Å².